The predicted octanol–water partition coefficient (Wildman–Crippen LogP) is 2.84. The largest absolute Gasteiger partial charge is 0.325 e. The van der Waals surface area contributed by atoms with Crippen molar-refractivity contribution in [2.75, 3.05) is 13.1 Å². The highest BCUT2D eigenvalue weighted by Crippen LogP contribution is 2.41. The number of fused-ring (bicyclic) bond motifs is 1. The van der Waals surface area contributed by atoms with E-state index in [0.29, 0.717) is 5.92 Å². The fourth-order valence-electron chi connectivity index (χ4n) is 3.15. The molecule has 0 radical (unpaired) electrons. The van der Waals surface area contributed by atoms with Gasteiger partial charge in [-0.1, -0.05) is 12.1 Å². The standard InChI is InChI=1S/C15H19N3/c1-2-4-14-13(3-1)17-15(18(14)12-5-6-12)11-7-9-16-10-8-11/h1-4,11-12,16H,5-10H2. The molecule has 94 valence electrons. The first-order valence-electron chi connectivity index (χ1n) is 7.11. The normalized spacial score (nSPS) is 21.6. The van der Waals surface area contributed by atoms with Gasteiger partial charge in [0.2, 0.25) is 0 Å². The van der Waals surface area contributed by atoms with Crippen LogP contribution in [0.5, 0.6) is 0 Å². The van der Waals surface area contributed by atoms with E-state index >= 15 is 0 Å². The van der Waals surface area contributed by atoms with Gasteiger partial charge in [0, 0.05) is 12.0 Å². The highest BCUT2D eigenvalue weighted by atomic mass is 15.1. The third-order valence-corrected chi connectivity index (χ3v) is 4.24. The van der Waals surface area contributed by atoms with E-state index in [1.54, 1.807) is 0 Å². The average molecular weight is 241 g/mol. The number of benzene rings is 1. The molecule has 18 heavy (non-hydrogen) atoms. The Kier molecular flexibility index (Phi) is 2.40. The smallest absolute Gasteiger partial charge is 0.113 e. The minimum Gasteiger partial charge on any atom is -0.325 e. The molecule has 1 N–H and O–H groups in total. The second kappa shape index (κ2) is 4.09. The maximum Gasteiger partial charge on any atom is 0.113 e. The molecular formula is C15H19N3. The molecule has 1 aliphatic heterocycles. The van der Waals surface area contributed by atoms with Crippen LogP contribution in [0, 0.1) is 0 Å². The predicted molar refractivity (Wildman–Crippen MR) is 72.8 cm³/mol. The second-order valence-corrected chi connectivity index (χ2v) is 5.58. The average Bonchev–Trinajstić information content (AvgIpc) is 3.19. The Labute approximate surface area is 107 Å². The van der Waals surface area contributed by atoms with E-state index < -0.39 is 0 Å². The molecule has 2 heterocycles. The van der Waals surface area contributed by atoms with Gasteiger partial charge in [-0.2, -0.15) is 0 Å². The quantitative estimate of drug-likeness (QED) is 0.876. The number of para-hydroxylation sites is 2. The Morgan fingerprint density at radius 3 is 2.61 bits per heavy atom. The van der Waals surface area contributed by atoms with Crippen LogP contribution in [0.1, 0.15) is 43.5 Å². The molecule has 1 aromatic heterocycles. The molecule has 3 nitrogen and oxygen atoms in total. The highest BCUT2D eigenvalue weighted by Gasteiger charge is 2.31. The van der Waals surface area contributed by atoms with E-state index in [1.165, 1.54) is 42.5 Å². The monoisotopic (exact) mass is 241 g/mol. The van der Waals surface area contributed by atoms with Gasteiger partial charge in [-0.15, -0.1) is 0 Å². The Hall–Kier alpha value is -1.35. The number of piperidine rings is 1. The molecule has 2 fully saturated rings. The maximum atomic E-state index is 4.93. The first-order chi connectivity index (χ1) is 8.93. The Morgan fingerprint density at radius 2 is 1.83 bits per heavy atom. The number of nitrogens with zero attached hydrogens (tertiary/aromatic N) is 2. The first kappa shape index (κ1) is 10.6. The molecule has 1 saturated carbocycles. The second-order valence-electron chi connectivity index (χ2n) is 5.58. The van der Waals surface area contributed by atoms with E-state index in [4.69, 9.17) is 4.98 Å². The number of hydrogen-bond acceptors (Lipinski definition) is 2. The van der Waals surface area contributed by atoms with Crippen molar-refractivity contribution in [3.8, 4) is 0 Å². The van der Waals surface area contributed by atoms with Crippen molar-refractivity contribution in [3.63, 3.8) is 0 Å². The van der Waals surface area contributed by atoms with Gasteiger partial charge in [0.1, 0.15) is 5.82 Å². The fraction of sp³-hybridized carbons (Fsp3) is 0.533. The van der Waals surface area contributed by atoms with Gasteiger partial charge in [0.05, 0.1) is 11.0 Å². The van der Waals surface area contributed by atoms with Gasteiger partial charge >= 0.3 is 0 Å². The van der Waals surface area contributed by atoms with Crippen LogP contribution in [0.15, 0.2) is 24.3 Å². The molecule has 0 bridgehead atoms. The number of nitrogens with one attached hydrogen (secondary N) is 1. The molecular weight excluding hydrogens is 222 g/mol. The lowest BCUT2D eigenvalue weighted by atomic mass is 9.97. The van der Waals surface area contributed by atoms with E-state index in [0.717, 1.165) is 19.1 Å². The van der Waals surface area contributed by atoms with Gasteiger partial charge in [0.15, 0.2) is 0 Å². The number of hydrogen-bond donors (Lipinski definition) is 1. The third-order valence-electron chi connectivity index (χ3n) is 4.24. The molecule has 2 aromatic rings. The Bertz CT molecular complexity index is 562. The van der Waals surface area contributed by atoms with Gasteiger partial charge < -0.3 is 9.88 Å². The molecule has 0 spiro atoms. The zero-order valence-electron chi connectivity index (χ0n) is 10.6. The topological polar surface area (TPSA) is 29.9 Å². The minimum atomic E-state index is 0.652. The summed E-state index contributed by atoms with van der Waals surface area (Å²) in [7, 11) is 0. The van der Waals surface area contributed by atoms with Crippen LogP contribution in [0.2, 0.25) is 0 Å². The summed E-state index contributed by atoms with van der Waals surface area (Å²) < 4.78 is 2.53. The molecule has 4 rings (SSSR count). The van der Waals surface area contributed by atoms with E-state index in [-0.39, 0.29) is 0 Å². The van der Waals surface area contributed by atoms with Crippen LogP contribution in [-0.2, 0) is 0 Å². The fourth-order valence-corrected chi connectivity index (χ4v) is 3.15. The summed E-state index contributed by atoms with van der Waals surface area (Å²) >= 11 is 0. The summed E-state index contributed by atoms with van der Waals surface area (Å²) in [5.41, 5.74) is 2.52. The minimum absolute atomic E-state index is 0.652. The van der Waals surface area contributed by atoms with Gasteiger partial charge in [0.25, 0.3) is 0 Å². The molecule has 1 aromatic carbocycles. The molecule has 0 atom stereocenters. The molecule has 2 aliphatic rings. The summed E-state index contributed by atoms with van der Waals surface area (Å²) in [5.74, 6) is 2.00. The lowest BCUT2D eigenvalue weighted by Crippen LogP contribution is -2.28. The molecule has 1 aliphatic carbocycles. The van der Waals surface area contributed by atoms with Crippen molar-refractivity contribution in [3.05, 3.63) is 30.1 Å². The zero-order chi connectivity index (χ0) is 11.9. The van der Waals surface area contributed by atoms with E-state index in [2.05, 4.69) is 34.1 Å². The SMILES string of the molecule is c1ccc2c(c1)nc(C1CCNCC1)n2C1CC1. The Balaban J connectivity index is 1.84. The summed E-state index contributed by atoms with van der Waals surface area (Å²) in [6.07, 6.45) is 5.13. The van der Waals surface area contributed by atoms with Crippen LogP contribution in [0.4, 0.5) is 0 Å². The summed E-state index contributed by atoms with van der Waals surface area (Å²) in [5, 5.41) is 3.45. The number of rotatable bonds is 2. The van der Waals surface area contributed by atoms with Crippen LogP contribution in [0.3, 0.4) is 0 Å². The summed E-state index contributed by atoms with van der Waals surface area (Å²) in [6, 6.07) is 9.33. The zero-order valence-corrected chi connectivity index (χ0v) is 10.6. The number of aromatic nitrogens is 2. The van der Waals surface area contributed by atoms with Crippen molar-refractivity contribution in [2.24, 2.45) is 0 Å². The molecule has 3 heteroatoms. The van der Waals surface area contributed by atoms with Gasteiger partial charge in [-0.05, 0) is 50.9 Å². The summed E-state index contributed by atoms with van der Waals surface area (Å²) in [6.45, 7) is 2.27. The maximum absolute atomic E-state index is 4.93. The van der Waals surface area contributed by atoms with Crippen molar-refractivity contribution < 1.29 is 0 Å². The van der Waals surface area contributed by atoms with Gasteiger partial charge in [-0.3, -0.25) is 0 Å². The number of imidazole rings is 1. The first-order valence-corrected chi connectivity index (χ1v) is 7.11. The van der Waals surface area contributed by atoms with E-state index in [1.807, 2.05) is 0 Å². The van der Waals surface area contributed by atoms with E-state index in [9.17, 15) is 0 Å². The van der Waals surface area contributed by atoms with Crippen LogP contribution in [-0.4, -0.2) is 22.6 Å². The third kappa shape index (κ3) is 1.65. The van der Waals surface area contributed by atoms with Crippen molar-refractivity contribution in [1.29, 1.82) is 0 Å². The van der Waals surface area contributed by atoms with Crippen molar-refractivity contribution in [2.45, 2.75) is 37.6 Å². The van der Waals surface area contributed by atoms with Crippen LogP contribution >= 0.6 is 0 Å². The molecule has 1 saturated heterocycles. The molecule has 0 unspecified atom stereocenters. The lowest BCUT2D eigenvalue weighted by molar-refractivity contribution is 0.433. The van der Waals surface area contributed by atoms with Crippen molar-refractivity contribution >= 4 is 11.0 Å². The van der Waals surface area contributed by atoms with Crippen LogP contribution in [0.25, 0.3) is 11.0 Å². The lowest BCUT2D eigenvalue weighted by Gasteiger charge is -2.23. The van der Waals surface area contributed by atoms with Crippen LogP contribution < -0.4 is 5.32 Å². The Morgan fingerprint density at radius 1 is 1.06 bits per heavy atom. The molecule has 0 amide bonds. The van der Waals surface area contributed by atoms with Crippen molar-refractivity contribution in [1.82, 2.24) is 14.9 Å². The summed E-state index contributed by atoms with van der Waals surface area (Å²) in [4.78, 5) is 4.93. The van der Waals surface area contributed by atoms with Gasteiger partial charge in [-0.25, -0.2) is 4.98 Å². The highest BCUT2D eigenvalue weighted by molar-refractivity contribution is 5.76.